The minimum atomic E-state index is 0.115. The van der Waals surface area contributed by atoms with E-state index >= 15 is 0 Å². The number of aromatic nitrogens is 2. The molecule has 3 rings (SSSR count). The molecule has 0 saturated heterocycles. The molecule has 0 aliphatic heterocycles. The first-order valence-corrected chi connectivity index (χ1v) is 7.14. The van der Waals surface area contributed by atoms with Gasteiger partial charge in [-0.25, -0.2) is 0 Å². The molecule has 0 bridgehead atoms. The molecule has 106 valence electrons. The zero-order chi connectivity index (χ0) is 14.8. The highest BCUT2D eigenvalue weighted by Gasteiger charge is 2.16. The Labute approximate surface area is 125 Å². The second-order valence-corrected chi connectivity index (χ2v) is 5.41. The molecule has 3 aromatic rings. The monoisotopic (exact) mass is 277 g/mol. The predicted octanol–water partition coefficient (Wildman–Crippen LogP) is 3.56. The second kappa shape index (κ2) is 5.62. The predicted molar refractivity (Wildman–Crippen MR) is 86.4 cm³/mol. The van der Waals surface area contributed by atoms with Gasteiger partial charge in [0.1, 0.15) is 0 Å². The summed E-state index contributed by atoms with van der Waals surface area (Å²) >= 11 is 0. The average Bonchev–Trinajstić information content (AvgIpc) is 2.47. The lowest BCUT2D eigenvalue weighted by molar-refractivity contribution is 0.694. The van der Waals surface area contributed by atoms with Crippen LogP contribution in [0.4, 0.5) is 0 Å². The standard InChI is InChI=1S/C18H19N3/c1-12-9-13(2)11-14(10-12)17(19-3)15-5-4-6-16-18(15)21-8-7-20-16/h4-11,17,19H,1-3H3. The maximum Gasteiger partial charge on any atom is 0.0937 e. The molecule has 1 N–H and O–H groups in total. The molecule has 1 heterocycles. The van der Waals surface area contributed by atoms with E-state index in [-0.39, 0.29) is 6.04 Å². The molecule has 21 heavy (non-hydrogen) atoms. The Morgan fingerprint density at radius 3 is 2.38 bits per heavy atom. The number of hydrogen-bond acceptors (Lipinski definition) is 3. The Bertz CT molecular complexity index is 755. The van der Waals surface area contributed by atoms with Gasteiger partial charge in [0, 0.05) is 18.0 Å². The van der Waals surface area contributed by atoms with Crippen LogP contribution < -0.4 is 5.32 Å². The first kappa shape index (κ1) is 13.7. The van der Waals surface area contributed by atoms with Gasteiger partial charge in [0.25, 0.3) is 0 Å². The van der Waals surface area contributed by atoms with Crippen molar-refractivity contribution in [3.8, 4) is 0 Å². The number of rotatable bonds is 3. The van der Waals surface area contributed by atoms with Gasteiger partial charge < -0.3 is 5.32 Å². The first-order valence-electron chi connectivity index (χ1n) is 7.14. The van der Waals surface area contributed by atoms with E-state index in [1.807, 2.05) is 19.2 Å². The summed E-state index contributed by atoms with van der Waals surface area (Å²) in [4.78, 5) is 8.91. The molecule has 0 aliphatic rings. The topological polar surface area (TPSA) is 37.8 Å². The Kier molecular flexibility index (Phi) is 3.67. The summed E-state index contributed by atoms with van der Waals surface area (Å²) in [6.45, 7) is 4.26. The normalized spacial score (nSPS) is 12.5. The number of para-hydroxylation sites is 1. The van der Waals surface area contributed by atoms with Gasteiger partial charge in [-0.05, 0) is 32.5 Å². The molecule has 2 aromatic carbocycles. The number of hydrogen-bond donors (Lipinski definition) is 1. The third-order valence-electron chi connectivity index (χ3n) is 3.71. The SMILES string of the molecule is CNC(c1cc(C)cc(C)c1)c1cccc2nccnc12. The lowest BCUT2D eigenvalue weighted by Crippen LogP contribution is -2.18. The van der Waals surface area contributed by atoms with Gasteiger partial charge in [0.2, 0.25) is 0 Å². The number of nitrogens with zero attached hydrogens (tertiary/aromatic N) is 2. The average molecular weight is 277 g/mol. The van der Waals surface area contributed by atoms with Crippen LogP contribution in [0.15, 0.2) is 48.8 Å². The van der Waals surface area contributed by atoms with Gasteiger partial charge in [-0.1, -0.05) is 41.5 Å². The van der Waals surface area contributed by atoms with Crippen LogP contribution in [-0.2, 0) is 0 Å². The summed E-state index contributed by atoms with van der Waals surface area (Å²) in [5.41, 5.74) is 6.85. The van der Waals surface area contributed by atoms with E-state index in [1.165, 1.54) is 16.7 Å². The van der Waals surface area contributed by atoms with Crippen LogP contribution in [0.25, 0.3) is 11.0 Å². The molecule has 0 saturated carbocycles. The van der Waals surface area contributed by atoms with Crippen molar-refractivity contribution in [2.75, 3.05) is 7.05 Å². The van der Waals surface area contributed by atoms with Gasteiger partial charge in [-0.3, -0.25) is 9.97 Å². The van der Waals surface area contributed by atoms with Crippen molar-refractivity contribution in [3.63, 3.8) is 0 Å². The van der Waals surface area contributed by atoms with E-state index in [4.69, 9.17) is 0 Å². The van der Waals surface area contributed by atoms with E-state index in [9.17, 15) is 0 Å². The van der Waals surface area contributed by atoms with Crippen LogP contribution in [-0.4, -0.2) is 17.0 Å². The summed E-state index contributed by atoms with van der Waals surface area (Å²) in [6, 6.07) is 12.9. The molecule has 1 aromatic heterocycles. The third kappa shape index (κ3) is 2.65. The molecule has 3 nitrogen and oxygen atoms in total. The Morgan fingerprint density at radius 2 is 1.67 bits per heavy atom. The Morgan fingerprint density at radius 1 is 0.952 bits per heavy atom. The van der Waals surface area contributed by atoms with Crippen LogP contribution in [0.3, 0.4) is 0 Å². The third-order valence-corrected chi connectivity index (χ3v) is 3.71. The second-order valence-electron chi connectivity index (χ2n) is 5.41. The highest BCUT2D eigenvalue weighted by molar-refractivity contribution is 5.78. The number of fused-ring (bicyclic) bond motifs is 1. The molecule has 1 atom stereocenters. The van der Waals surface area contributed by atoms with Crippen molar-refractivity contribution in [2.24, 2.45) is 0 Å². The maximum atomic E-state index is 4.52. The molecule has 0 aliphatic carbocycles. The van der Waals surface area contributed by atoms with Crippen LogP contribution in [0, 0.1) is 13.8 Å². The molecule has 0 amide bonds. The van der Waals surface area contributed by atoms with E-state index < -0.39 is 0 Å². The zero-order valence-electron chi connectivity index (χ0n) is 12.6. The maximum absolute atomic E-state index is 4.52. The van der Waals surface area contributed by atoms with E-state index in [1.54, 1.807) is 12.4 Å². The molecule has 1 unspecified atom stereocenters. The fourth-order valence-corrected chi connectivity index (χ4v) is 2.93. The summed E-state index contributed by atoms with van der Waals surface area (Å²) in [6.07, 6.45) is 3.48. The minimum Gasteiger partial charge on any atom is -0.309 e. The number of nitrogens with one attached hydrogen (secondary N) is 1. The molecular formula is C18H19N3. The van der Waals surface area contributed by atoms with Crippen molar-refractivity contribution in [2.45, 2.75) is 19.9 Å². The number of benzene rings is 2. The van der Waals surface area contributed by atoms with Gasteiger partial charge in [0.15, 0.2) is 0 Å². The largest absolute Gasteiger partial charge is 0.309 e. The quantitative estimate of drug-likeness (QED) is 0.795. The van der Waals surface area contributed by atoms with Gasteiger partial charge in [-0.2, -0.15) is 0 Å². The summed E-state index contributed by atoms with van der Waals surface area (Å²) in [5.74, 6) is 0. The van der Waals surface area contributed by atoms with E-state index in [2.05, 4.69) is 53.4 Å². The zero-order valence-corrected chi connectivity index (χ0v) is 12.6. The van der Waals surface area contributed by atoms with Gasteiger partial charge in [0.05, 0.1) is 17.1 Å². The Hall–Kier alpha value is -2.26. The van der Waals surface area contributed by atoms with Crippen molar-refractivity contribution in [1.82, 2.24) is 15.3 Å². The molecule has 0 fully saturated rings. The van der Waals surface area contributed by atoms with Crippen molar-refractivity contribution in [3.05, 3.63) is 71.0 Å². The molecule has 0 spiro atoms. The summed E-state index contributed by atoms with van der Waals surface area (Å²) in [5, 5.41) is 3.41. The van der Waals surface area contributed by atoms with Crippen molar-refractivity contribution in [1.29, 1.82) is 0 Å². The summed E-state index contributed by atoms with van der Waals surface area (Å²) in [7, 11) is 1.98. The summed E-state index contributed by atoms with van der Waals surface area (Å²) < 4.78 is 0. The highest BCUT2D eigenvalue weighted by atomic mass is 14.9. The first-order chi connectivity index (χ1) is 10.2. The lowest BCUT2D eigenvalue weighted by atomic mass is 9.95. The molecule has 0 radical (unpaired) electrons. The smallest absolute Gasteiger partial charge is 0.0937 e. The van der Waals surface area contributed by atoms with E-state index in [0.29, 0.717) is 0 Å². The van der Waals surface area contributed by atoms with Crippen molar-refractivity contribution >= 4 is 11.0 Å². The number of aryl methyl sites for hydroxylation is 2. The molecular weight excluding hydrogens is 258 g/mol. The van der Waals surface area contributed by atoms with Crippen LogP contribution in [0.1, 0.15) is 28.3 Å². The van der Waals surface area contributed by atoms with Crippen LogP contribution in [0.2, 0.25) is 0 Å². The van der Waals surface area contributed by atoms with Crippen molar-refractivity contribution < 1.29 is 0 Å². The van der Waals surface area contributed by atoms with Crippen LogP contribution >= 0.6 is 0 Å². The molecule has 3 heteroatoms. The fourth-order valence-electron chi connectivity index (χ4n) is 2.93. The highest BCUT2D eigenvalue weighted by Crippen LogP contribution is 2.27. The van der Waals surface area contributed by atoms with Crippen LogP contribution in [0.5, 0.6) is 0 Å². The van der Waals surface area contributed by atoms with E-state index in [0.717, 1.165) is 16.6 Å². The van der Waals surface area contributed by atoms with Gasteiger partial charge >= 0.3 is 0 Å². The van der Waals surface area contributed by atoms with Gasteiger partial charge in [-0.15, -0.1) is 0 Å². The minimum absolute atomic E-state index is 0.115. The lowest BCUT2D eigenvalue weighted by Gasteiger charge is -2.19. The fraction of sp³-hybridized carbons (Fsp3) is 0.222. The Balaban J connectivity index is 2.18.